The molecule has 7 heteroatoms. The molecule has 1 atom stereocenters. The van der Waals surface area contributed by atoms with Crippen LogP contribution < -0.4 is 15.7 Å². The first-order valence-corrected chi connectivity index (χ1v) is 10.6. The fourth-order valence-electron chi connectivity index (χ4n) is 3.41. The highest BCUT2D eigenvalue weighted by Crippen LogP contribution is 2.35. The number of carbonyl (C=O) groups is 2. The fourth-order valence-corrected chi connectivity index (χ4v) is 3.62. The van der Waals surface area contributed by atoms with E-state index in [4.69, 9.17) is 20.8 Å². The number of ether oxygens (including phenoxy) is 1. The van der Waals surface area contributed by atoms with E-state index in [-0.39, 0.29) is 16.6 Å². The number of amides is 1. The van der Waals surface area contributed by atoms with Crippen LogP contribution in [0.15, 0.2) is 82.0 Å². The van der Waals surface area contributed by atoms with E-state index in [1.807, 2.05) is 30.3 Å². The van der Waals surface area contributed by atoms with Gasteiger partial charge in [0.2, 0.25) is 0 Å². The fraction of sp³-hybridized carbons (Fsp3) is 0.115. The molecule has 1 N–H and O–H groups in total. The van der Waals surface area contributed by atoms with Crippen molar-refractivity contribution < 1.29 is 18.7 Å². The quantitative estimate of drug-likeness (QED) is 0.293. The van der Waals surface area contributed by atoms with E-state index in [0.29, 0.717) is 27.8 Å². The molecule has 0 fully saturated rings. The largest absolute Gasteiger partial charge is 0.479 e. The summed E-state index contributed by atoms with van der Waals surface area (Å²) < 4.78 is 11.1. The van der Waals surface area contributed by atoms with Gasteiger partial charge in [0.25, 0.3) is 5.91 Å². The number of Topliss-reactive ketones (excluding diaryl/α,β-unsaturated/α-hetero) is 1. The van der Waals surface area contributed by atoms with Gasteiger partial charge in [-0.05, 0) is 43.2 Å². The van der Waals surface area contributed by atoms with Crippen LogP contribution in [0, 0.1) is 0 Å². The van der Waals surface area contributed by atoms with E-state index in [1.54, 1.807) is 37.3 Å². The Morgan fingerprint density at radius 3 is 2.48 bits per heavy atom. The maximum Gasteiger partial charge on any atom is 0.336 e. The lowest BCUT2D eigenvalue weighted by molar-refractivity contribution is -0.122. The van der Waals surface area contributed by atoms with Gasteiger partial charge in [0, 0.05) is 28.8 Å². The van der Waals surface area contributed by atoms with Gasteiger partial charge in [0.15, 0.2) is 11.9 Å². The molecule has 0 aliphatic heterocycles. The molecular weight excluding hydrogens is 442 g/mol. The van der Waals surface area contributed by atoms with Crippen LogP contribution >= 0.6 is 11.6 Å². The van der Waals surface area contributed by atoms with Crippen molar-refractivity contribution in [3.05, 3.63) is 93.8 Å². The lowest BCUT2D eigenvalue weighted by atomic mass is 10.0. The minimum Gasteiger partial charge on any atom is -0.479 e. The third-order valence-electron chi connectivity index (χ3n) is 5.09. The van der Waals surface area contributed by atoms with Gasteiger partial charge in [0.05, 0.1) is 5.02 Å². The Bertz CT molecular complexity index is 1410. The zero-order valence-corrected chi connectivity index (χ0v) is 18.7. The van der Waals surface area contributed by atoms with E-state index in [1.165, 1.54) is 19.1 Å². The number of hydrogen-bond acceptors (Lipinski definition) is 5. The average Bonchev–Trinajstić information content (AvgIpc) is 2.80. The summed E-state index contributed by atoms with van der Waals surface area (Å²) in [7, 11) is 0. The summed E-state index contributed by atoms with van der Waals surface area (Å²) in [5.74, 6) is -0.321. The molecule has 166 valence electrons. The van der Waals surface area contributed by atoms with E-state index < -0.39 is 17.6 Å². The number of carbonyl (C=O) groups excluding carboxylic acids is 2. The zero-order valence-electron chi connectivity index (χ0n) is 17.9. The van der Waals surface area contributed by atoms with Crippen molar-refractivity contribution in [2.75, 3.05) is 5.32 Å². The number of hydrogen-bond donors (Lipinski definition) is 1. The van der Waals surface area contributed by atoms with Crippen molar-refractivity contribution in [2.45, 2.75) is 20.0 Å². The van der Waals surface area contributed by atoms with Crippen molar-refractivity contribution in [3.63, 3.8) is 0 Å². The molecule has 1 unspecified atom stereocenters. The van der Waals surface area contributed by atoms with E-state index in [2.05, 4.69) is 5.32 Å². The molecule has 0 aliphatic carbocycles. The normalized spacial score (nSPS) is 11.7. The molecule has 6 nitrogen and oxygen atoms in total. The van der Waals surface area contributed by atoms with E-state index in [9.17, 15) is 14.4 Å². The van der Waals surface area contributed by atoms with Gasteiger partial charge < -0.3 is 14.5 Å². The topological polar surface area (TPSA) is 85.6 Å². The molecule has 0 saturated carbocycles. The van der Waals surface area contributed by atoms with E-state index in [0.717, 1.165) is 5.56 Å². The molecule has 0 radical (unpaired) electrons. The number of anilines is 1. The molecule has 1 heterocycles. The third kappa shape index (κ3) is 4.96. The molecule has 0 saturated heterocycles. The Balaban J connectivity index is 1.60. The van der Waals surface area contributed by atoms with Crippen LogP contribution in [0.25, 0.3) is 22.1 Å². The van der Waals surface area contributed by atoms with Crippen LogP contribution in [0.4, 0.5) is 5.69 Å². The number of fused-ring (bicyclic) bond motifs is 1. The van der Waals surface area contributed by atoms with Crippen LogP contribution in [0.1, 0.15) is 24.2 Å². The summed E-state index contributed by atoms with van der Waals surface area (Å²) in [5, 5.41) is 3.64. The summed E-state index contributed by atoms with van der Waals surface area (Å²) in [6.45, 7) is 3.03. The SMILES string of the molecule is CC(=O)c1cccc(NC(=O)C(C)Oc2cc3oc(=O)cc(-c4ccccc4)c3cc2Cl)c1. The zero-order chi connectivity index (χ0) is 23.5. The molecule has 0 bridgehead atoms. The van der Waals surface area contributed by atoms with Crippen molar-refractivity contribution in [3.8, 4) is 16.9 Å². The second-order valence-electron chi connectivity index (χ2n) is 7.51. The lowest BCUT2D eigenvalue weighted by Gasteiger charge is -2.17. The standard InChI is InChI=1S/C26H20ClNO5/c1-15(29)18-9-6-10-19(11-18)28-26(31)16(2)32-24-14-23-21(12-22(24)27)20(13-25(30)33-23)17-7-4-3-5-8-17/h3-14,16H,1-2H3,(H,28,31). The molecule has 4 aromatic rings. The van der Waals surface area contributed by atoms with Gasteiger partial charge in [0.1, 0.15) is 11.3 Å². The Labute approximate surface area is 194 Å². The molecular formula is C26H20ClNO5. The van der Waals surface area contributed by atoms with Crippen molar-refractivity contribution >= 4 is 39.9 Å². The van der Waals surface area contributed by atoms with Gasteiger partial charge >= 0.3 is 5.63 Å². The van der Waals surface area contributed by atoms with Crippen LogP contribution in [0.2, 0.25) is 5.02 Å². The molecule has 0 spiro atoms. The Morgan fingerprint density at radius 1 is 1.00 bits per heavy atom. The first kappa shape index (κ1) is 22.3. The van der Waals surface area contributed by atoms with Gasteiger partial charge in [-0.3, -0.25) is 9.59 Å². The van der Waals surface area contributed by atoms with Crippen LogP contribution in [-0.2, 0) is 4.79 Å². The van der Waals surface area contributed by atoms with Crippen molar-refractivity contribution in [1.29, 1.82) is 0 Å². The summed E-state index contributed by atoms with van der Waals surface area (Å²) in [5.41, 5.74) is 2.29. The first-order chi connectivity index (χ1) is 15.8. The molecule has 0 aliphatic rings. The molecule has 4 rings (SSSR count). The monoisotopic (exact) mass is 461 g/mol. The molecule has 1 aromatic heterocycles. The predicted molar refractivity (Wildman–Crippen MR) is 128 cm³/mol. The first-order valence-electron chi connectivity index (χ1n) is 10.2. The smallest absolute Gasteiger partial charge is 0.336 e. The maximum absolute atomic E-state index is 12.6. The van der Waals surface area contributed by atoms with Gasteiger partial charge in [-0.25, -0.2) is 4.79 Å². The highest BCUT2D eigenvalue weighted by atomic mass is 35.5. The minimum absolute atomic E-state index is 0.102. The minimum atomic E-state index is -0.912. The lowest BCUT2D eigenvalue weighted by Crippen LogP contribution is -2.30. The van der Waals surface area contributed by atoms with Crippen LogP contribution in [0.5, 0.6) is 5.75 Å². The maximum atomic E-state index is 12.6. The number of rotatable bonds is 6. The van der Waals surface area contributed by atoms with Gasteiger partial charge in [-0.1, -0.05) is 54.1 Å². The van der Waals surface area contributed by atoms with Gasteiger partial charge in [-0.15, -0.1) is 0 Å². The number of halogens is 1. The van der Waals surface area contributed by atoms with Gasteiger partial charge in [-0.2, -0.15) is 0 Å². The van der Waals surface area contributed by atoms with E-state index >= 15 is 0 Å². The second-order valence-corrected chi connectivity index (χ2v) is 7.92. The van der Waals surface area contributed by atoms with Crippen LogP contribution in [0.3, 0.4) is 0 Å². The third-order valence-corrected chi connectivity index (χ3v) is 5.39. The number of nitrogens with one attached hydrogen (secondary N) is 1. The summed E-state index contributed by atoms with van der Waals surface area (Å²) in [6.07, 6.45) is -0.912. The van der Waals surface area contributed by atoms with Crippen LogP contribution in [-0.4, -0.2) is 17.8 Å². The highest BCUT2D eigenvalue weighted by Gasteiger charge is 2.19. The summed E-state index contributed by atoms with van der Waals surface area (Å²) in [4.78, 5) is 36.3. The number of benzene rings is 3. The van der Waals surface area contributed by atoms with Crippen molar-refractivity contribution in [2.24, 2.45) is 0 Å². The Hall–Kier alpha value is -3.90. The average molecular weight is 462 g/mol. The Kier molecular flexibility index (Phi) is 6.29. The summed E-state index contributed by atoms with van der Waals surface area (Å²) in [6, 6.07) is 20.6. The molecule has 3 aromatic carbocycles. The number of ketones is 1. The van der Waals surface area contributed by atoms with Crippen molar-refractivity contribution in [1.82, 2.24) is 0 Å². The second kappa shape index (κ2) is 9.30. The predicted octanol–water partition coefficient (Wildman–Crippen LogP) is 5.72. The molecule has 1 amide bonds. The molecule has 33 heavy (non-hydrogen) atoms. The highest BCUT2D eigenvalue weighted by molar-refractivity contribution is 6.33. The Morgan fingerprint density at radius 2 is 1.76 bits per heavy atom. The summed E-state index contributed by atoms with van der Waals surface area (Å²) >= 11 is 6.45.